The zero-order chi connectivity index (χ0) is 14.1. The number of fused-ring (bicyclic) bond motifs is 1. The molecule has 0 saturated heterocycles. The Bertz CT molecular complexity index is 643. The van der Waals surface area contributed by atoms with Gasteiger partial charge in [-0.1, -0.05) is 6.07 Å². The van der Waals surface area contributed by atoms with Crippen molar-refractivity contribution < 1.29 is 9.53 Å². The van der Waals surface area contributed by atoms with E-state index in [1.165, 1.54) is 12.4 Å². The van der Waals surface area contributed by atoms with Crippen LogP contribution in [0.15, 0.2) is 36.7 Å². The predicted molar refractivity (Wildman–Crippen MR) is 75.0 cm³/mol. The van der Waals surface area contributed by atoms with Crippen LogP contribution in [0.2, 0.25) is 0 Å². The molecular formula is C15H15N3O2. The SMILES string of the molecule is Cc1ccc2c(c1)O[C@@H](C)CN2C(=O)c1ccnnc1. The van der Waals surface area contributed by atoms with Crippen molar-refractivity contribution in [2.75, 3.05) is 11.4 Å². The quantitative estimate of drug-likeness (QED) is 0.796. The molecule has 1 aliphatic heterocycles. The average Bonchev–Trinajstić information content (AvgIpc) is 2.46. The van der Waals surface area contributed by atoms with Gasteiger partial charge in [0.1, 0.15) is 11.9 Å². The fourth-order valence-corrected chi connectivity index (χ4v) is 2.31. The number of carbonyl (C=O) groups is 1. The first-order chi connectivity index (χ1) is 9.65. The molecule has 2 heterocycles. The summed E-state index contributed by atoms with van der Waals surface area (Å²) in [4.78, 5) is 14.3. The second-order valence-corrected chi connectivity index (χ2v) is 4.95. The van der Waals surface area contributed by atoms with Gasteiger partial charge in [-0.25, -0.2) is 0 Å². The van der Waals surface area contributed by atoms with Crippen molar-refractivity contribution in [1.29, 1.82) is 0 Å². The van der Waals surface area contributed by atoms with Crippen LogP contribution in [0.3, 0.4) is 0 Å². The van der Waals surface area contributed by atoms with Gasteiger partial charge >= 0.3 is 0 Å². The number of amides is 1. The minimum atomic E-state index is -0.0832. The maximum absolute atomic E-state index is 12.6. The van der Waals surface area contributed by atoms with Crippen molar-refractivity contribution in [3.05, 3.63) is 47.8 Å². The number of hydrogen-bond acceptors (Lipinski definition) is 4. The van der Waals surface area contributed by atoms with Crippen LogP contribution in [0.5, 0.6) is 5.75 Å². The third-order valence-corrected chi connectivity index (χ3v) is 3.25. The van der Waals surface area contributed by atoms with Crippen molar-refractivity contribution in [3.8, 4) is 5.75 Å². The topological polar surface area (TPSA) is 55.3 Å². The lowest BCUT2D eigenvalue weighted by molar-refractivity contribution is 0.0960. The van der Waals surface area contributed by atoms with Crippen LogP contribution in [-0.4, -0.2) is 28.8 Å². The number of benzene rings is 1. The molecule has 1 aromatic carbocycles. The summed E-state index contributed by atoms with van der Waals surface area (Å²) in [6.07, 6.45) is 2.96. The Morgan fingerprint density at radius 1 is 1.35 bits per heavy atom. The molecule has 0 spiro atoms. The van der Waals surface area contributed by atoms with Gasteiger partial charge in [-0.2, -0.15) is 10.2 Å². The summed E-state index contributed by atoms with van der Waals surface area (Å²) in [5.41, 5.74) is 2.44. The third-order valence-electron chi connectivity index (χ3n) is 3.25. The van der Waals surface area contributed by atoms with E-state index < -0.39 is 0 Å². The lowest BCUT2D eigenvalue weighted by Gasteiger charge is -2.33. The molecule has 1 amide bonds. The van der Waals surface area contributed by atoms with E-state index in [2.05, 4.69) is 10.2 Å². The molecule has 1 aromatic heterocycles. The van der Waals surface area contributed by atoms with Gasteiger partial charge in [0.25, 0.3) is 5.91 Å². The smallest absolute Gasteiger partial charge is 0.260 e. The van der Waals surface area contributed by atoms with Crippen LogP contribution in [-0.2, 0) is 0 Å². The molecule has 0 bridgehead atoms. The van der Waals surface area contributed by atoms with Crippen molar-refractivity contribution >= 4 is 11.6 Å². The van der Waals surface area contributed by atoms with Gasteiger partial charge in [0, 0.05) is 0 Å². The molecule has 2 aromatic rings. The molecule has 102 valence electrons. The lowest BCUT2D eigenvalue weighted by atomic mass is 10.1. The van der Waals surface area contributed by atoms with Crippen molar-refractivity contribution in [1.82, 2.24) is 10.2 Å². The van der Waals surface area contributed by atoms with E-state index in [0.29, 0.717) is 12.1 Å². The molecule has 0 unspecified atom stereocenters. The number of nitrogens with zero attached hydrogens (tertiary/aromatic N) is 3. The normalized spacial score (nSPS) is 17.3. The van der Waals surface area contributed by atoms with Gasteiger partial charge < -0.3 is 9.64 Å². The maximum Gasteiger partial charge on any atom is 0.260 e. The van der Waals surface area contributed by atoms with Crippen LogP contribution in [0.1, 0.15) is 22.8 Å². The Hall–Kier alpha value is -2.43. The van der Waals surface area contributed by atoms with E-state index in [1.807, 2.05) is 32.0 Å². The highest BCUT2D eigenvalue weighted by molar-refractivity contribution is 6.06. The van der Waals surface area contributed by atoms with Gasteiger partial charge in [-0.3, -0.25) is 4.79 Å². The van der Waals surface area contributed by atoms with Crippen molar-refractivity contribution in [2.24, 2.45) is 0 Å². The van der Waals surface area contributed by atoms with Crippen LogP contribution < -0.4 is 9.64 Å². The molecule has 3 rings (SSSR count). The minimum Gasteiger partial charge on any atom is -0.487 e. The minimum absolute atomic E-state index is 0.0388. The molecule has 1 atom stereocenters. The highest BCUT2D eigenvalue weighted by Crippen LogP contribution is 2.34. The molecule has 0 radical (unpaired) electrons. The molecule has 5 nitrogen and oxygen atoms in total. The number of anilines is 1. The van der Waals surface area contributed by atoms with Gasteiger partial charge in [0.15, 0.2) is 0 Å². The van der Waals surface area contributed by atoms with Crippen molar-refractivity contribution in [2.45, 2.75) is 20.0 Å². The second kappa shape index (κ2) is 4.92. The summed E-state index contributed by atoms with van der Waals surface area (Å²) in [6.45, 7) is 4.48. The summed E-state index contributed by atoms with van der Waals surface area (Å²) < 4.78 is 5.81. The zero-order valence-electron chi connectivity index (χ0n) is 11.4. The maximum atomic E-state index is 12.6. The van der Waals surface area contributed by atoms with Crippen molar-refractivity contribution in [3.63, 3.8) is 0 Å². The number of aryl methyl sites for hydroxylation is 1. The van der Waals surface area contributed by atoms with Gasteiger partial charge in [-0.15, -0.1) is 0 Å². The van der Waals surface area contributed by atoms with Gasteiger partial charge in [0.2, 0.25) is 0 Å². The molecule has 0 aliphatic carbocycles. The Labute approximate surface area is 117 Å². The summed E-state index contributed by atoms with van der Waals surface area (Å²) in [5, 5.41) is 7.46. The molecule has 1 aliphatic rings. The van der Waals surface area contributed by atoms with Gasteiger partial charge in [0.05, 0.1) is 30.2 Å². The highest BCUT2D eigenvalue weighted by Gasteiger charge is 2.28. The van der Waals surface area contributed by atoms with Crippen LogP contribution in [0.25, 0.3) is 0 Å². The molecule has 0 fully saturated rings. The Morgan fingerprint density at radius 2 is 2.20 bits per heavy atom. The number of hydrogen-bond donors (Lipinski definition) is 0. The molecule has 0 saturated carbocycles. The van der Waals surface area contributed by atoms with E-state index in [9.17, 15) is 4.79 Å². The fourth-order valence-electron chi connectivity index (χ4n) is 2.31. The zero-order valence-corrected chi connectivity index (χ0v) is 11.4. The number of rotatable bonds is 1. The number of carbonyl (C=O) groups excluding carboxylic acids is 1. The second-order valence-electron chi connectivity index (χ2n) is 4.95. The largest absolute Gasteiger partial charge is 0.487 e. The molecule has 0 N–H and O–H groups in total. The Balaban J connectivity index is 2.01. The highest BCUT2D eigenvalue weighted by atomic mass is 16.5. The van der Waals surface area contributed by atoms with E-state index in [1.54, 1.807) is 11.0 Å². The van der Waals surface area contributed by atoms with E-state index >= 15 is 0 Å². The van der Waals surface area contributed by atoms with Gasteiger partial charge in [-0.05, 0) is 37.6 Å². The first-order valence-electron chi connectivity index (χ1n) is 6.51. The lowest BCUT2D eigenvalue weighted by Crippen LogP contribution is -2.42. The van der Waals surface area contributed by atoms with Crippen LogP contribution >= 0.6 is 0 Å². The monoisotopic (exact) mass is 269 g/mol. The van der Waals surface area contributed by atoms with E-state index in [-0.39, 0.29) is 12.0 Å². The number of ether oxygens (including phenoxy) is 1. The molecular weight excluding hydrogens is 254 g/mol. The van der Waals surface area contributed by atoms with E-state index in [4.69, 9.17) is 4.74 Å². The summed E-state index contributed by atoms with van der Waals surface area (Å²) >= 11 is 0. The molecule has 20 heavy (non-hydrogen) atoms. The van der Waals surface area contributed by atoms with E-state index in [0.717, 1.165) is 17.0 Å². The third kappa shape index (κ3) is 2.22. The van der Waals surface area contributed by atoms with Crippen LogP contribution in [0.4, 0.5) is 5.69 Å². The number of aromatic nitrogens is 2. The first kappa shape index (κ1) is 12.6. The standard InChI is InChI=1S/C15H15N3O2/c1-10-3-4-13-14(7-10)20-11(2)9-18(13)15(19)12-5-6-16-17-8-12/h3-8,11H,9H2,1-2H3/t11-/m0/s1. The first-order valence-corrected chi connectivity index (χ1v) is 6.51. The Morgan fingerprint density at radius 3 is 2.95 bits per heavy atom. The Kier molecular flexibility index (Phi) is 3.10. The summed E-state index contributed by atoms with van der Waals surface area (Å²) in [6, 6.07) is 7.52. The summed E-state index contributed by atoms with van der Waals surface area (Å²) in [5.74, 6) is 0.666. The van der Waals surface area contributed by atoms with Crippen LogP contribution in [0, 0.1) is 6.92 Å². The predicted octanol–water partition coefficient (Wildman–Crippen LogP) is 2.21. The summed E-state index contributed by atoms with van der Waals surface area (Å²) in [7, 11) is 0. The fraction of sp³-hybridized carbons (Fsp3) is 0.267. The molecule has 5 heteroatoms. The average molecular weight is 269 g/mol.